The summed E-state index contributed by atoms with van der Waals surface area (Å²) in [7, 11) is 0. The predicted octanol–water partition coefficient (Wildman–Crippen LogP) is 3.98. The Labute approximate surface area is 162 Å². The van der Waals surface area contributed by atoms with E-state index in [-0.39, 0.29) is 11.9 Å². The Bertz CT molecular complexity index is 927. The Hall–Kier alpha value is -3.42. The van der Waals surface area contributed by atoms with Gasteiger partial charge in [0.1, 0.15) is 11.5 Å². The summed E-state index contributed by atoms with van der Waals surface area (Å²) >= 11 is 0. The van der Waals surface area contributed by atoms with Crippen molar-refractivity contribution in [1.82, 2.24) is 20.0 Å². The van der Waals surface area contributed by atoms with Crippen LogP contribution < -0.4 is 10.1 Å². The standard InChI is InChI=1S/C20H21N5O3/c1-14-22-19(24-28-14)15-4-3-11-25(13-15)20(26)23-16-6-8-17(9-7-16)27-18-5-2-10-21-12-18/h2,5-10,12,15H,3-4,11,13H2,1H3,(H,23,26)/t15-/m1/s1. The van der Waals surface area contributed by atoms with Crippen LogP contribution in [0.2, 0.25) is 0 Å². The van der Waals surface area contributed by atoms with Crippen molar-refractivity contribution in [3.63, 3.8) is 0 Å². The summed E-state index contributed by atoms with van der Waals surface area (Å²) in [5.41, 5.74) is 0.709. The number of carbonyl (C=O) groups is 1. The molecule has 0 saturated carbocycles. The molecule has 0 spiro atoms. The van der Waals surface area contributed by atoms with Crippen molar-refractivity contribution < 1.29 is 14.1 Å². The summed E-state index contributed by atoms with van der Waals surface area (Å²) in [6, 6.07) is 10.8. The zero-order valence-corrected chi connectivity index (χ0v) is 15.5. The molecule has 1 fully saturated rings. The van der Waals surface area contributed by atoms with Crippen molar-refractivity contribution in [2.75, 3.05) is 18.4 Å². The molecular weight excluding hydrogens is 358 g/mol. The number of likely N-dealkylation sites (tertiary alicyclic amines) is 1. The number of nitrogens with one attached hydrogen (secondary N) is 1. The van der Waals surface area contributed by atoms with E-state index in [1.165, 1.54) is 0 Å². The van der Waals surface area contributed by atoms with Crippen molar-refractivity contribution in [3.8, 4) is 11.5 Å². The molecule has 0 unspecified atom stereocenters. The van der Waals surface area contributed by atoms with Crippen LogP contribution in [0.15, 0.2) is 53.3 Å². The fourth-order valence-corrected chi connectivity index (χ4v) is 3.21. The van der Waals surface area contributed by atoms with Crippen molar-refractivity contribution in [3.05, 3.63) is 60.5 Å². The van der Waals surface area contributed by atoms with E-state index in [0.29, 0.717) is 42.0 Å². The summed E-state index contributed by atoms with van der Waals surface area (Å²) in [5, 5.41) is 6.93. The second-order valence-electron chi connectivity index (χ2n) is 6.70. The van der Waals surface area contributed by atoms with E-state index in [1.807, 2.05) is 36.4 Å². The van der Waals surface area contributed by atoms with Crippen LogP contribution in [0.3, 0.4) is 0 Å². The molecule has 3 aromatic rings. The van der Waals surface area contributed by atoms with Gasteiger partial charge >= 0.3 is 6.03 Å². The Morgan fingerprint density at radius 3 is 2.82 bits per heavy atom. The monoisotopic (exact) mass is 379 g/mol. The van der Waals surface area contributed by atoms with Crippen LogP contribution in [0.25, 0.3) is 0 Å². The molecule has 1 N–H and O–H groups in total. The number of hydrogen-bond acceptors (Lipinski definition) is 6. The van der Waals surface area contributed by atoms with Crippen LogP contribution >= 0.6 is 0 Å². The molecule has 8 nitrogen and oxygen atoms in total. The summed E-state index contributed by atoms with van der Waals surface area (Å²) in [6.45, 7) is 3.06. The maximum atomic E-state index is 12.6. The second-order valence-corrected chi connectivity index (χ2v) is 6.70. The molecule has 1 aliphatic heterocycles. The number of benzene rings is 1. The third-order valence-electron chi connectivity index (χ3n) is 4.59. The van der Waals surface area contributed by atoms with Gasteiger partial charge in [-0.25, -0.2) is 4.79 Å². The summed E-state index contributed by atoms with van der Waals surface area (Å²) in [6.07, 6.45) is 5.19. The van der Waals surface area contributed by atoms with Gasteiger partial charge in [0, 0.05) is 37.8 Å². The highest BCUT2D eigenvalue weighted by molar-refractivity contribution is 5.89. The number of aromatic nitrogens is 3. The minimum atomic E-state index is -0.133. The van der Waals surface area contributed by atoms with Gasteiger partial charge in [-0.1, -0.05) is 5.16 Å². The topological polar surface area (TPSA) is 93.4 Å². The molecule has 3 heterocycles. The number of carbonyl (C=O) groups excluding carboxylic acids is 1. The Balaban J connectivity index is 1.35. The number of nitrogens with zero attached hydrogens (tertiary/aromatic N) is 4. The first-order chi connectivity index (χ1) is 13.7. The number of amides is 2. The molecule has 1 aromatic carbocycles. The number of anilines is 1. The van der Waals surface area contributed by atoms with Crippen LogP contribution in [0.1, 0.15) is 30.5 Å². The first-order valence-electron chi connectivity index (χ1n) is 9.21. The third kappa shape index (κ3) is 4.28. The highest BCUT2D eigenvalue weighted by Gasteiger charge is 2.27. The summed E-state index contributed by atoms with van der Waals surface area (Å²) < 4.78 is 10.8. The number of aryl methyl sites for hydroxylation is 1. The molecule has 8 heteroatoms. The van der Waals surface area contributed by atoms with E-state index >= 15 is 0 Å². The van der Waals surface area contributed by atoms with Crippen molar-refractivity contribution in [2.45, 2.75) is 25.7 Å². The van der Waals surface area contributed by atoms with E-state index < -0.39 is 0 Å². The SMILES string of the molecule is Cc1nc([C@@H]2CCCN(C(=O)Nc3ccc(Oc4cccnc4)cc3)C2)no1. The van der Waals surface area contributed by atoms with Crippen LogP contribution in [-0.4, -0.2) is 39.1 Å². The fourth-order valence-electron chi connectivity index (χ4n) is 3.21. The zero-order valence-electron chi connectivity index (χ0n) is 15.5. The smallest absolute Gasteiger partial charge is 0.321 e. The van der Waals surface area contributed by atoms with E-state index in [0.717, 1.165) is 12.8 Å². The lowest BCUT2D eigenvalue weighted by atomic mass is 9.98. The van der Waals surface area contributed by atoms with Gasteiger partial charge in [-0.2, -0.15) is 4.98 Å². The molecule has 2 amide bonds. The van der Waals surface area contributed by atoms with Gasteiger partial charge in [0.05, 0.1) is 6.20 Å². The molecule has 4 rings (SSSR count). The highest BCUT2D eigenvalue weighted by atomic mass is 16.5. The molecular formula is C20H21N5O3. The van der Waals surface area contributed by atoms with Crippen molar-refractivity contribution in [2.24, 2.45) is 0 Å². The van der Waals surface area contributed by atoms with Gasteiger partial charge in [0.25, 0.3) is 0 Å². The normalized spacial score (nSPS) is 16.6. The van der Waals surface area contributed by atoms with Gasteiger partial charge < -0.3 is 19.5 Å². The number of ether oxygens (including phenoxy) is 1. The molecule has 144 valence electrons. The number of piperidine rings is 1. The molecule has 1 saturated heterocycles. The number of pyridine rings is 1. The largest absolute Gasteiger partial charge is 0.456 e. The summed E-state index contributed by atoms with van der Waals surface area (Å²) in [5.74, 6) is 2.66. The van der Waals surface area contributed by atoms with Crippen LogP contribution in [0.5, 0.6) is 11.5 Å². The second kappa shape index (κ2) is 8.08. The molecule has 1 aliphatic rings. The Morgan fingerprint density at radius 1 is 1.25 bits per heavy atom. The van der Waals surface area contributed by atoms with E-state index in [2.05, 4.69) is 20.4 Å². The van der Waals surface area contributed by atoms with Gasteiger partial charge in [-0.15, -0.1) is 0 Å². The van der Waals surface area contributed by atoms with Gasteiger partial charge in [-0.3, -0.25) is 4.98 Å². The maximum Gasteiger partial charge on any atom is 0.321 e. The number of urea groups is 1. The number of hydrogen-bond donors (Lipinski definition) is 1. The average Bonchev–Trinajstić information content (AvgIpc) is 3.17. The quantitative estimate of drug-likeness (QED) is 0.737. The van der Waals surface area contributed by atoms with Crippen LogP contribution in [0, 0.1) is 6.92 Å². The minimum absolute atomic E-state index is 0.104. The van der Waals surface area contributed by atoms with Crippen molar-refractivity contribution in [1.29, 1.82) is 0 Å². The van der Waals surface area contributed by atoms with Crippen molar-refractivity contribution >= 4 is 11.7 Å². The first-order valence-corrected chi connectivity index (χ1v) is 9.21. The van der Waals surface area contributed by atoms with Crippen LogP contribution in [-0.2, 0) is 0 Å². The lowest BCUT2D eigenvalue weighted by Crippen LogP contribution is -2.41. The molecule has 1 atom stereocenters. The Kier molecular flexibility index (Phi) is 5.18. The van der Waals surface area contributed by atoms with Crippen LogP contribution in [0.4, 0.5) is 10.5 Å². The molecule has 0 radical (unpaired) electrons. The van der Waals surface area contributed by atoms with E-state index in [4.69, 9.17) is 9.26 Å². The first kappa shape index (κ1) is 18.0. The fraction of sp³-hybridized carbons (Fsp3) is 0.300. The van der Waals surface area contributed by atoms with Gasteiger partial charge in [0.15, 0.2) is 5.82 Å². The Morgan fingerprint density at radius 2 is 2.11 bits per heavy atom. The lowest BCUT2D eigenvalue weighted by Gasteiger charge is -2.31. The molecule has 0 bridgehead atoms. The average molecular weight is 379 g/mol. The lowest BCUT2D eigenvalue weighted by molar-refractivity contribution is 0.190. The molecule has 28 heavy (non-hydrogen) atoms. The molecule has 0 aliphatic carbocycles. The minimum Gasteiger partial charge on any atom is -0.456 e. The van der Waals surface area contributed by atoms with E-state index in [1.54, 1.807) is 24.2 Å². The van der Waals surface area contributed by atoms with Gasteiger partial charge in [-0.05, 0) is 49.2 Å². The highest BCUT2D eigenvalue weighted by Crippen LogP contribution is 2.26. The molecule has 2 aromatic heterocycles. The maximum absolute atomic E-state index is 12.6. The van der Waals surface area contributed by atoms with Gasteiger partial charge in [0.2, 0.25) is 5.89 Å². The number of rotatable bonds is 4. The van der Waals surface area contributed by atoms with E-state index in [9.17, 15) is 4.79 Å². The zero-order chi connectivity index (χ0) is 19.3. The summed E-state index contributed by atoms with van der Waals surface area (Å²) in [4.78, 5) is 22.7. The third-order valence-corrected chi connectivity index (χ3v) is 4.59. The predicted molar refractivity (Wildman–Crippen MR) is 102 cm³/mol.